The zero-order chi connectivity index (χ0) is 15.0. The molecular weight excluding hydrogens is 278 g/mol. The van der Waals surface area contributed by atoms with Gasteiger partial charge >= 0.3 is 5.97 Å². The molecule has 2 heterocycles. The molecule has 2 aliphatic heterocycles. The number of carboxylic acids is 1. The first-order valence-electron chi connectivity index (χ1n) is 6.22. The Morgan fingerprint density at radius 2 is 2.14 bits per heavy atom. The van der Waals surface area contributed by atoms with Crippen LogP contribution in [0.4, 0.5) is 11.4 Å². The minimum absolute atomic E-state index is 0.117. The SMILES string of the molecule is O=C1CN(C(=O)C2CC(C(=O)O)=NO2)c2ccccc2N1. The van der Waals surface area contributed by atoms with Crippen LogP contribution in [0, 0.1) is 0 Å². The highest BCUT2D eigenvalue weighted by atomic mass is 16.6. The second kappa shape index (κ2) is 4.89. The second-order valence-corrected chi connectivity index (χ2v) is 4.63. The van der Waals surface area contributed by atoms with Crippen LogP contribution in [-0.2, 0) is 19.2 Å². The first-order chi connectivity index (χ1) is 10.1. The summed E-state index contributed by atoms with van der Waals surface area (Å²) in [7, 11) is 0. The van der Waals surface area contributed by atoms with Crippen LogP contribution in [0.15, 0.2) is 29.4 Å². The number of nitrogens with zero attached hydrogens (tertiary/aromatic N) is 2. The molecule has 1 aromatic carbocycles. The van der Waals surface area contributed by atoms with Crippen molar-refractivity contribution in [3.05, 3.63) is 24.3 Å². The Balaban J connectivity index is 1.83. The standard InChI is InChI=1S/C13H11N3O5/c17-11-6-16(9-4-2-1-3-7(9)14-11)12(18)10-5-8(13(19)20)15-21-10/h1-4,10H,5-6H2,(H,14,17)(H,19,20). The molecule has 0 radical (unpaired) electrons. The third kappa shape index (κ3) is 2.31. The van der Waals surface area contributed by atoms with Crippen LogP contribution in [0.25, 0.3) is 0 Å². The number of nitrogens with one attached hydrogen (secondary N) is 1. The molecule has 108 valence electrons. The third-order valence-electron chi connectivity index (χ3n) is 3.23. The van der Waals surface area contributed by atoms with Gasteiger partial charge in [0.15, 0.2) is 5.71 Å². The zero-order valence-electron chi connectivity index (χ0n) is 10.8. The Bertz CT molecular complexity index is 670. The van der Waals surface area contributed by atoms with Gasteiger partial charge in [0.2, 0.25) is 12.0 Å². The van der Waals surface area contributed by atoms with Crippen molar-refractivity contribution in [2.75, 3.05) is 16.8 Å². The summed E-state index contributed by atoms with van der Waals surface area (Å²) in [6.07, 6.45) is -1.14. The predicted octanol–water partition coefficient (Wildman–Crippen LogP) is 0.201. The fourth-order valence-electron chi connectivity index (χ4n) is 2.24. The second-order valence-electron chi connectivity index (χ2n) is 4.63. The van der Waals surface area contributed by atoms with Gasteiger partial charge in [0.1, 0.15) is 6.54 Å². The Hall–Kier alpha value is -2.90. The summed E-state index contributed by atoms with van der Waals surface area (Å²) in [6, 6.07) is 6.86. The number of benzene rings is 1. The van der Waals surface area contributed by atoms with Gasteiger partial charge in [-0.05, 0) is 12.1 Å². The molecule has 2 N–H and O–H groups in total. The number of hydrogen-bond donors (Lipinski definition) is 2. The number of carbonyl (C=O) groups is 3. The lowest BCUT2D eigenvalue weighted by Crippen LogP contribution is -2.46. The van der Waals surface area contributed by atoms with Crippen LogP contribution in [0.1, 0.15) is 6.42 Å². The lowest BCUT2D eigenvalue weighted by atomic mass is 10.1. The highest BCUT2D eigenvalue weighted by Gasteiger charge is 2.37. The summed E-state index contributed by atoms with van der Waals surface area (Å²) in [5.41, 5.74) is 0.872. The first-order valence-corrected chi connectivity index (χ1v) is 6.22. The number of fused-ring (bicyclic) bond motifs is 1. The van der Waals surface area contributed by atoms with E-state index in [2.05, 4.69) is 10.5 Å². The van der Waals surface area contributed by atoms with Crippen molar-refractivity contribution >= 4 is 34.9 Å². The molecule has 2 aliphatic rings. The number of para-hydroxylation sites is 2. The molecule has 2 amide bonds. The molecule has 0 saturated carbocycles. The van der Waals surface area contributed by atoms with Crippen LogP contribution >= 0.6 is 0 Å². The molecule has 1 aromatic rings. The van der Waals surface area contributed by atoms with Crippen LogP contribution in [-0.4, -0.2) is 41.3 Å². The van der Waals surface area contributed by atoms with Crippen molar-refractivity contribution in [1.82, 2.24) is 0 Å². The molecule has 3 rings (SSSR count). The minimum Gasteiger partial charge on any atom is -0.477 e. The van der Waals surface area contributed by atoms with Gasteiger partial charge in [-0.3, -0.25) is 14.5 Å². The number of anilines is 2. The van der Waals surface area contributed by atoms with E-state index in [9.17, 15) is 14.4 Å². The summed E-state index contributed by atoms with van der Waals surface area (Å²) >= 11 is 0. The smallest absolute Gasteiger partial charge is 0.353 e. The molecular formula is C13H11N3O5. The summed E-state index contributed by atoms with van der Waals surface area (Å²) < 4.78 is 0. The lowest BCUT2D eigenvalue weighted by Gasteiger charge is -2.30. The van der Waals surface area contributed by atoms with E-state index >= 15 is 0 Å². The Labute approximate surface area is 119 Å². The molecule has 8 heteroatoms. The van der Waals surface area contributed by atoms with Gasteiger partial charge in [0.05, 0.1) is 11.4 Å². The van der Waals surface area contributed by atoms with Gasteiger partial charge in [-0.15, -0.1) is 0 Å². The van der Waals surface area contributed by atoms with E-state index in [4.69, 9.17) is 9.94 Å². The fraction of sp³-hybridized carbons (Fsp3) is 0.231. The predicted molar refractivity (Wildman–Crippen MR) is 72.0 cm³/mol. The van der Waals surface area contributed by atoms with E-state index in [0.29, 0.717) is 11.4 Å². The number of amides is 2. The van der Waals surface area contributed by atoms with Gasteiger partial charge in [0.25, 0.3) is 5.91 Å². The summed E-state index contributed by atoms with van der Waals surface area (Å²) in [6.45, 7) is -0.141. The highest BCUT2D eigenvalue weighted by Crippen LogP contribution is 2.30. The van der Waals surface area contributed by atoms with Gasteiger partial charge in [-0.25, -0.2) is 4.79 Å². The van der Waals surface area contributed by atoms with Crippen molar-refractivity contribution in [2.24, 2.45) is 5.16 Å². The van der Waals surface area contributed by atoms with Gasteiger partial charge in [0, 0.05) is 6.42 Å². The average Bonchev–Trinajstić information content (AvgIpc) is 2.95. The van der Waals surface area contributed by atoms with Crippen molar-refractivity contribution in [1.29, 1.82) is 0 Å². The Morgan fingerprint density at radius 1 is 1.38 bits per heavy atom. The van der Waals surface area contributed by atoms with Crippen molar-refractivity contribution in [2.45, 2.75) is 12.5 Å². The molecule has 0 saturated heterocycles. The van der Waals surface area contributed by atoms with Crippen molar-refractivity contribution in [3.8, 4) is 0 Å². The first kappa shape index (κ1) is 13.1. The Kier molecular flexibility index (Phi) is 3.05. The molecule has 0 aromatic heterocycles. The van der Waals surface area contributed by atoms with Crippen LogP contribution in [0.2, 0.25) is 0 Å². The molecule has 0 bridgehead atoms. The van der Waals surface area contributed by atoms with Crippen LogP contribution in [0.3, 0.4) is 0 Å². The maximum absolute atomic E-state index is 12.4. The number of aliphatic carboxylic acids is 1. The number of oxime groups is 1. The molecule has 0 spiro atoms. The number of carboxylic acid groups (broad SMARTS) is 1. The quantitative estimate of drug-likeness (QED) is 0.808. The number of carbonyl (C=O) groups excluding carboxylic acids is 2. The number of hydrogen-bond acceptors (Lipinski definition) is 5. The van der Waals surface area contributed by atoms with Gasteiger partial charge in [-0.2, -0.15) is 0 Å². The zero-order valence-corrected chi connectivity index (χ0v) is 10.8. The average molecular weight is 289 g/mol. The molecule has 8 nitrogen and oxygen atoms in total. The summed E-state index contributed by atoms with van der Waals surface area (Å²) in [5.74, 6) is -2.03. The van der Waals surface area contributed by atoms with Gasteiger partial charge in [-0.1, -0.05) is 17.3 Å². The molecule has 21 heavy (non-hydrogen) atoms. The summed E-state index contributed by atoms with van der Waals surface area (Å²) in [5, 5.41) is 14.9. The maximum Gasteiger partial charge on any atom is 0.353 e. The number of rotatable bonds is 2. The third-order valence-corrected chi connectivity index (χ3v) is 3.23. The normalized spacial score (nSPS) is 20.2. The largest absolute Gasteiger partial charge is 0.477 e. The Morgan fingerprint density at radius 3 is 2.86 bits per heavy atom. The van der Waals surface area contributed by atoms with E-state index in [1.54, 1.807) is 24.3 Å². The van der Waals surface area contributed by atoms with E-state index in [-0.39, 0.29) is 24.6 Å². The molecule has 0 aliphatic carbocycles. The fourth-order valence-corrected chi connectivity index (χ4v) is 2.24. The van der Waals surface area contributed by atoms with Crippen molar-refractivity contribution < 1.29 is 24.3 Å². The highest BCUT2D eigenvalue weighted by molar-refractivity contribution is 6.36. The molecule has 0 fully saturated rings. The minimum atomic E-state index is -1.22. The van der Waals surface area contributed by atoms with Crippen molar-refractivity contribution in [3.63, 3.8) is 0 Å². The maximum atomic E-state index is 12.4. The molecule has 1 unspecified atom stereocenters. The van der Waals surface area contributed by atoms with E-state index in [1.165, 1.54) is 4.90 Å². The molecule has 1 atom stereocenters. The lowest BCUT2D eigenvalue weighted by molar-refractivity contribution is -0.130. The van der Waals surface area contributed by atoms with E-state index in [1.807, 2.05) is 0 Å². The monoisotopic (exact) mass is 289 g/mol. The summed E-state index contributed by atoms with van der Waals surface area (Å²) in [4.78, 5) is 41.0. The topological polar surface area (TPSA) is 108 Å². The van der Waals surface area contributed by atoms with Gasteiger partial charge < -0.3 is 15.3 Å². The van der Waals surface area contributed by atoms with E-state index < -0.39 is 18.0 Å². The van der Waals surface area contributed by atoms with Crippen LogP contribution in [0.5, 0.6) is 0 Å². The van der Waals surface area contributed by atoms with E-state index in [0.717, 1.165) is 0 Å². The van der Waals surface area contributed by atoms with Crippen LogP contribution < -0.4 is 10.2 Å².